The summed E-state index contributed by atoms with van der Waals surface area (Å²) in [6, 6.07) is 0. The minimum Gasteiger partial charge on any atom is -0.457 e. The number of esters is 2. The monoisotopic (exact) mass is 382 g/mol. The zero-order valence-corrected chi connectivity index (χ0v) is 17.4. The second-order valence-electron chi connectivity index (χ2n) is 10.3. The van der Waals surface area contributed by atoms with E-state index < -0.39 is 17.7 Å². The molecule has 3 fully saturated rings. The lowest BCUT2D eigenvalue weighted by atomic mass is 9.64. The van der Waals surface area contributed by atoms with Gasteiger partial charge in [-0.05, 0) is 49.4 Å². The summed E-state index contributed by atoms with van der Waals surface area (Å²) in [6.45, 7) is 11.7. The molecule has 2 bridgehead atoms. The maximum Gasteiger partial charge on any atom is 0.344 e. The molecule has 2 aliphatic carbocycles. The van der Waals surface area contributed by atoms with E-state index in [9.17, 15) is 14.7 Å². The van der Waals surface area contributed by atoms with Crippen molar-refractivity contribution in [1.29, 1.82) is 0 Å². The number of ether oxygens (including phenoxy) is 3. The predicted octanol–water partition coefficient (Wildman–Crippen LogP) is 2.91. The van der Waals surface area contributed by atoms with E-state index in [0.29, 0.717) is 12.3 Å². The normalized spacial score (nSPS) is 36.7. The molecule has 0 aromatic rings. The Hall–Kier alpha value is -1.14. The third kappa shape index (κ3) is 3.63. The molecule has 0 radical (unpaired) electrons. The maximum atomic E-state index is 12.8. The summed E-state index contributed by atoms with van der Waals surface area (Å²) >= 11 is 0. The Morgan fingerprint density at radius 2 is 1.78 bits per heavy atom. The van der Waals surface area contributed by atoms with Crippen LogP contribution in [0.5, 0.6) is 0 Å². The highest BCUT2D eigenvalue weighted by molar-refractivity contribution is 5.81. The molecule has 1 saturated heterocycles. The van der Waals surface area contributed by atoms with Crippen molar-refractivity contribution >= 4 is 11.9 Å². The SMILES string of the molecule is CC(C)CC(C)(C(=O)OCC(=O)OC1C2CC3C(O)OC1C3C2)C(C)(C)C. The van der Waals surface area contributed by atoms with Crippen LogP contribution in [-0.2, 0) is 23.8 Å². The molecular weight excluding hydrogens is 348 g/mol. The Balaban J connectivity index is 1.55. The Labute approximate surface area is 161 Å². The number of carbonyl (C=O) groups is 2. The van der Waals surface area contributed by atoms with Crippen LogP contribution in [0.15, 0.2) is 0 Å². The predicted molar refractivity (Wildman–Crippen MR) is 98.4 cm³/mol. The lowest BCUT2D eigenvalue weighted by Gasteiger charge is -2.40. The average Bonchev–Trinajstić information content (AvgIpc) is 3.15. The molecule has 7 atom stereocenters. The van der Waals surface area contributed by atoms with Crippen LogP contribution < -0.4 is 0 Å². The molecule has 1 N–H and O–H groups in total. The fourth-order valence-electron chi connectivity index (χ4n) is 5.22. The highest BCUT2D eigenvalue weighted by Crippen LogP contribution is 2.56. The summed E-state index contributed by atoms with van der Waals surface area (Å²) < 4.78 is 16.6. The Morgan fingerprint density at radius 1 is 1.15 bits per heavy atom. The molecule has 7 unspecified atom stereocenters. The van der Waals surface area contributed by atoms with Gasteiger partial charge in [0.05, 0.1) is 5.41 Å². The summed E-state index contributed by atoms with van der Waals surface area (Å²) in [5.74, 6) is 0.130. The third-order valence-electron chi connectivity index (χ3n) is 7.08. The molecule has 0 amide bonds. The molecule has 6 heteroatoms. The number of aliphatic hydroxyl groups excluding tert-OH is 1. The van der Waals surface area contributed by atoms with Crippen molar-refractivity contribution in [3.05, 3.63) is 0 Å². The smallest absolute Gasteiger partial charge is 0.344 e. The first kappa shape index (κ1) is 20.6. The van der Waals surface area contributed by atoms with Crippen LogP contribution in [0.4, 0.5) is 0 Å². The summed E-state index contributed by atoms with van der Waals surface area (Å²) in [6.07, 6.45) is 1.15. The minimum atomic E-state index is -0.741. The van der Waals surface area contributed by atoms with E-state index in [1.54, 1.807) is 0 Å². The van der Waals surface area contributed by atoms with E-state index in [1.807, 2.05) is 27.7 Å². The van der Waals surface area contributed by atoms with Crippen molar-refractivity contribution in [2.24, 2.45) is 34.5 Å². The number of aliphatic hydroxyl groups is 1. The van der Waals surface area contributed by atoms with Gasteiger partial charge in [-0.2, -0.15) is 0 Å². The van der Waals surface area contributed by atoms with E-state index >= 15 is 0 Å². The fraction of sp³-hybridized carbons (Fsp3) is 0.905. The van der Waals surface area contributed by atoms with E-state index in [0.717, 1.165) is 12.8 Å². The van der Waals surface area contributed by atoms with Crippen molar-refractivity contribution in [1.82, 2.24) is 0 Å². The second kappa shape index (κ2) is 7.03. The van der Waals surface area contributed by atoms with E-state index in [2.05, 4.69) is 13.8 Å². The van der Waals surface area contributed by atoms with Gasteiger partial charge in [0.1, 0.15) is 12.2 Å². The van der Waals surface area contributed by atoms with Crippen molar-refractivity contribution in [3.8, 4) is 0 Å². The third-order valence-corrected chi connectivity index (χ3v) is 7.08. The highest BCUT2D eigenvalue weighted by Gasteiger charge is 2.62. The van der Waals surface area contributed by atoms with Crippen LogP contribution in [-0.4, -0.2) is 42.1 Å². The van der Waals surface area contributed by atoms with Crippen molar-refractivity contribution < 1.29 is 28.9 Å². The number of rotatable bonds is 6. The second-order valence-corrected chi connectivity index (χ2v) is 10.3. The highest BCUT2D eigenvalue weighted by atomic mass is 16.6. The van der Waals surface area contributed by atoms with Gasteiger partial charge >= 0.3 is 11.9 Å². The molecule has 6 nitrogen and oxygen atoms in total. The molecule has 3 aliphatic rings. The van der Waals surface area contributed by atoms with Gasteiger partial charge in [0.15, 0.2) is 12.9 Å². The Kier molecular flexibility index (Phi) is 5.36. The summed E-state index contributed by atoms with van der Waals surface area (Å²) in [7, 11) is 0. The van der Waals surface area contributed by atoms with E-state index in [1.165, 1.54) is 0 Å². The first-order chi connectivity index (χ1) is 12.4. The Bertz CT molecular complexity index is 594. The first-order valence-electron chi connectivity index (χ1n) is 10.1. The molecule has 0 aromatic carbocycles. The van der Waals surface area contributed by atoms with Crippen LogP contribution in [0.2, 0.25) is 0 Å². The van der Waals surface area contributed by atoms with Gasteiger partial charge in [0.2, 0.25) is 0 Å². The van der Waals surface area contributed by atoms with Gasteiger partial charge in [-0.25, -0.2) is 4.79 Å². The fourth-order valence-corrected chi connectivity index (χ4v) is 5.22. The van der Waals surface area contributed by atoms with Gasteiger partial charge < -0.3 is 19.3 Å². The number of hydrogen-bond donors (Lipinski definition) is 1. The largest absolute Gasteiger partial charge is 0.457 e. The van der Waals surface area contributed by atoms with Gasteiger partial charge in [-0.1, -0.05) is 34.6 Å². The molecule has 3 rings (SSSR count). The lowest BCUT2D eigenvalue weighted by molar-refractivity contribution is -0.179. The molecule has 1 aliphatic heterocycles. The number of hydrogen-bond acceptors (Lipinski definition) is 6. The first-order valence-corrected chi connectivity index (χ1v) is 10.1. The van der Waals surface area contributed by atoms with E-state index in [4.69, 9.17) is 14.2 Å². The molecule has 154 valence electrons. The number of fused-ring (bicyclic) bond motifs is 1. The molecule has 0 spiro atoms. The van der Waals surface area contributed by atoms with Crippen LogP contribution in [0.3, 0.4) is 0 Å². The van der Waals surface area contributed by atoms with Crippen molar-refractivity contribution in [2.75, 3.05) is 6.61 Å². The van der Waals surface area contributed by atoms with Crippen LogP contribution >= 0.6 is 0 Å². The summed E-state index contributed by atoms with van der Waals surface area (Å²) in [4.78, 5) is 25.1. The number of carbonyl (C=O) groups excluding carboxylic acids is 2. The minimum absolute atomic E-state index is 0.177. The summed E-state index contributed by atoms with van der Waals surface area (Å²) in [5, 5.41) is 9.93. The quantitative estimate of drug-likeness (QED) is 0.711. The topological polar surface area (TPSA) is 82.1 Å². The molecule has 0 aromatic heterocycles. The zero-order chi connectivity index (χ0) is 20.1. The van der Waals surface area contributed by atoms with Gasteiger partial charge in [-0.15, -0.1) is 0 Å². The molecular formula is C21H34O6. The summed E-state index contributed by atoms with van der Waals surface area (Å²) in [5.41, 5.74) is -0.967. The van der Waals surface area contributed by atoms with Crippen LogP contribution in [0.25, 0.3) is 0 Å². The van der Waals surface area contributed by atoms with Crippen LogP contribution in [0.1, 0.15) is 60.8 Å². The maximum absolute atomic E-state index is 12.8. The standard InChI is InChI=1S/C21H34O6/c1-11(2)9-21(6,20(3,4)5)19(24)25-10-15(22)26-16-12-7-13-14(8-12)18(23)27-17(13)16/h11-14,16-18,23H,7-10H2,1-6H3. The average molecular weight is 382 g/mol. The van der Waals surface area contributed by atoms with E-state index in [-0.39, 0.29) is 48.0 Å². The lowest BCUT2D eigenvalue weighted by Crippen LogP contribution is -2.43. The van der Waals surface area contributed by atoms with Gasteiger partial charge in [0.25, 0.3) is 0 Å². The zero-order valence-electron chi connectivity index (χ0n) is 17.4. The van der Waals surface area contributed by atoms with Gasteiger partial charge in [0, 0.05) is 5.92 Å². The molecule has 1 heterocycles. The van der Waals surface area contributed by atoms with Crippen molar-refractivity contribution in [3.63, 3.8) is 0 Å². The van der Waals surface area contributed by atoms with Crippen molar-refractivity contribution in [2.45, 2.75) is 79.3 Å². The Morgan fingerprint density at radius 3 is 2.37 bits per heavy atom. The molecule has 2 saturated carbocycles. The molecule has 27 heavy (non-hydrogen) atoms. The van der Waals surface area contributed by atoms with Crippen LogP contribution in [0, 0.1) is 34.5 Å². The van der Waals surface area contributed by atoms with Gasteiger partial charge in [-0.3, -0.25) is 4.79 Å².